The van der Waals surface area contributed by atoms with Crippen molar-refractivity contribution in [3.8, 4) is 0 Å². The third-order valence-electron chi connectivity index (χ3n) is 2.43. The van der Waals surface area contributed by atoms with Crippen LogP contribution in [-0.4, -0.2) is 34.9 Å². The molecule has 0 aliphatic heterocycles. The smallest absolute Gasteiger partial charge is 0.410 e. The Bertz CT molecular complexity index is 452. The Kier molecular flexibility index (Phi) is 5.44. The molecule has 0 unspecified atom stereocenters. The Hall–Kier alpha value is -1.69. The van der Waals surface area contributed by atoms with Gasteiger partial charge in [-0.2, -0.15) is 0 Å². The molecule has 112 valence electrons. The van der Waals surface area contributed by atoms with E-state index >= 15 is 0 Å². The Labute approximate surface area is 117 Å². The zero-order chi connectivity index (χ0) is 15.3. The molecule has 1 rings (SSSR count). The summed E-state index contributed by atoms with van der Waals surface area (Å²) in [5.74, 6) is -1.48. The summed E-state index contributed by atoms with van der Waals surface area (Å²) in [6.45, 7) is 4.37. The lowest BCUT2D eigenvalue weighted by atomic mass is 10.2. The van der Waals surface area contributed by atoms with Crippen LogP contribution < -0.4 is 0 Å². The Morgan fingerprint density at radius 1 is 1.30 bits per heavy atom. The summed E-state index contributed by atoms with van der Waals surface area (Å²) in [6, 6.07) is 3.48. The number of hydrogen-bond donors (Lipinski definition) is 1. The molecular formula is C14H19F2NO3. The number of nitrogens with zero attached hydrogens (tertiary/aromatic N) is 1. The normalized spacial score (nSPS) is 11.3. The molecule has 4 nitrogen and oxygen atoms in total. The summed E-state index contributed by atoms with van der Waals surface area (Å²) in [7, 11) is 0. The van der Waals surface area contributed by atoms with E-state index in [9.17, 15) is 13.6 Å². The number of carbonyl (C=O) groups excluding carboxylic acids is 1. The van der Waals surface area contributed by atoms with Gasteiger partial charge in [0, 0.05) is 12.1 Å². The lowest BCUT2D eigenvalue weighted by molar-refractivity contribution is 0.0198. The highest BCUT2D eigenvalue weighted by Gasteiger charge is 2.23. The third kappa shape index (κ3) is 4.77. The van der Waals surface area contributed by atoms with Crippen molar-refractivity contribution in [2.45, 2.75) is 32.9 Å². The van der Waals surface area contributed by atoms with Gasteiger partial charge in [0.05, 0.1) is 13.2 Å². The van der Waals surface area contributed by atoms with Gasteiger partial charge in [-0.25, -0.2) is 13.6 Å². The largest absolute Gasteiger partial charge is 0.444 e. The molecule has 0 bridgehead atoms. The van der Waals surface area contributed by atoms with Crippen LogP contribution in [0.2, 0.25) is 0 Å². The molecule has 0 saturated carbocycles. The minimum atomic E-state index is -0.739. The first-order chi connectivity index (χ1) is 9.24. The average Bonchev–Trinajstić information content (AvgIpc) is 2.30. The molecule has 6 heteroatoms. The number of amides is 1. The SMILES string of the molecule is CC(C)(C)OC(=O)N(CCO)Cc1c(F)cccc1F. The van der Waals surface area contributed by atoms with Gasteiger partial charge in [0.15, 0.2) is 0 Å². The van der Waals surface area contributed by atoms with E-state index in [1.54, 1.807) is 20.8 Å². The number of rotatable bonds is 4. The van der Waals surface area contributed by atoms with Gasteiger partial charge in [0.2, 0.25) is 0 Å². The molecule has 20 heavy (non-hydrogen) atoms. The molecule has 1 aromatic rings. The minimum Gasteiger partial charge on any atom is -0.444 e. The number of aliphatic hydroxyl groups excluding tert-OH is 1. The van der Waals surface area contributed by atoms with Crippen LogP contribution in [0.3, 0.4) is 0 Å². The van der Waals surface area contributed by atoms with E-state index in [-0.39, 0.29) is 25.3 Å². The van der Waals surface area contributed by atoms with Crippen LogP contribution in [0.5, 0.6) is 0 Å². The summed E-state index contributed by atoms with van der Waals surface area (Å²) in [4.78, 5) is 13.0. The van der Waals surface area contributed by atoms with Crippen LogP contribution in [0.25, 0.3) is 0 Å². The van der Waals surface area contributed by atoms with Crippen LogP contribution in [0.15, 0.2) is 18.2 Å². The molecule has 1 aromatic carbocycles. The fourth-order valence-corrected chi connectivity index (χ4v) is 1.56. The van der Waals surface area contributed by atoms with Gasteiger partial charge in [-0.1, -0.05) is 6.07 Å². The van der Waals surface area contributed by atoms with Crippen molar-refractivity contribution in [1.29, 1.82) is 0 Å². The third-order valence-corrected chi connectivity index (χ3v) is 2.43. The van der Waals surface area contributed by atoms with Crippen molar-refractivity contribution < 1.29 is 23.4 Å². The summed E-state index contributed by atoms with van der Waals surface area (Å²) in [5.41, 5.74) is -0.953. The van der Waals surface area contributed by atoms with Gasteiger partial charge in [-0.15, -0.1) is 0 Å². The van der Waals surface area contributed by atoms with Crippen molar-refractivity contribution in [2.75, 3.05) is 13.2 Å². The monoisotopic (exact) mass is 287 g/mol. The quantitative estimate of drug-likeness (QED) is 0.926. The number of ether oxygens (including phenoxy) is 1. The maximum Gasteiger partial charge on any atom is 0.410 e. The molecule has 1 amide bonds. The van der Waals surface area contributed by atoms with Crippen molar-refractivity contribution in [3.05, 3.63) is 35.4 Å². The molecule has 0 aromatic heterocycles. The average molecular weight is 287 g/mol. The van der Waals surface area contributed by atoms with Crippen LogP contribution in [0.1, 0.15) is 26.3 Å². The summed E-state index contributed by atoms with van der Waals surface area (Å²) in [5, 5.41) is 8.96. The van der Waals surface area contributed by atoms with E-state index in [1.807, 2.05) is 0 Å². The Morgan fingerprint density at radius 3 is 2.30 bits per heavy atom. The standard InChI is InChI=1S/C14H19F2NO3/c1-14(2,3)20-13(19)17(7-8-18)9-10-11(15)5-4-6-12(10)16/h4-6,18H,7-9H2,1-3H3. The number of aliphatic hydroxyl groups is 1. The first-order valence-electron chi connectivity index (χ1n) is 6.26. The molecule has 0 saturated heterocycles. The number of hydrogen-bond acceptors (Lipinski definition) is 3. The molecule has 1 N–H and O–H groups in total. The van der Waals surface area contributed by atoms with E-state index in [0.29, 0.717) is 0 Å². The molecule has 0 aliphatic carbocycles. The van der Waals surface area contributed by atoms with E-state index < -0.39 is 23.3 Å². The van der Waals surface area contributed by atoms with Crippen LogP contribution >= 0.6 is 0 Å². The van der Waals surface area contributed by atoms with Gasteiger partial charge >= 0.3 is 6.09 Å². The summed E-state index contributed by atoms with van der Waals surface area (Å²) in [6.07, 6.45) is -0.728. The van der Waals surface area contributed by atoms with E-state index in [2.05, 4.69) is 0 Å². The van der Waals surface area contributed by atoms with Crippen molar-refractivity contribution in [2.24, 2.45) is 0 Å². The van der Waals surface area contributed by atoms with Gasteiger partial charge in [-0.05, 0) is 32.9 Å². The summed E-state index contributed by atoms with van der Waals surface area (Å²) >= 11 is 0. The number of halogens is 2. The molecular weight excluding hydrogens is 268 g/mol. The van der Waals surface area contributed by atoms with Gasteiger partial charge in [-0.3, -0.25) is 0 Å². The van der Waals surface area contributed by atoms with Crippen molar-refractivity contribution >= 4 is 6.09 Å². The minimum absolute atomic E-state index is 0.0668. The molecule has 0 atom stereocenters. The maximum atomic E-state index is 13.6. The fraction of sp³-hybridized carbons (Fsp3) is 0.500. The van der Waals surface area contributed by atoms with E-state index in [1.165, 1.54) is 6.07 Å². The Morgan fingerprint density at radius 2 is 1.85 bits per heavy atom. The predicted octanol–water partition coefficient (Wildman–Crippen LogP) is 2.69. The topological polar surface area (TPSA) is 49.8 Å². The fourth-order valence-electron chi connectivity index (χ4n) is 1.56. The highest BCUT2D eigenvalue weighted by Crippen LogP contribution is 2.17. The maximum absolute atomic E-state index is 13.6. The van der Waals surface area contributed by atoms with E-state index in [0.717, 1.165) is 17.0 Å². The van der Waals surface area contributed by atoms with Gasteiger partial charge < -0.3 is 14.7 Å². The zero-order valence-corrected chi connectivity index (χ0v) is 11.8. The molecule has 0 spiro atoms. The van der Waals surface area contributed by atoms with Crippen LogP contribution in [0.4, 0.5) is 13.6 Å². The van der Waals surface area contributed by atoms with Crippen LogP contribution in [0, 0.1) is 11.6 Å². The Balaban J connectivity index is 2.90. The van der Waals surface area contributed by atoms with E-state index in [4.69, 9.17) is 9.84 Å². The molecule has 0 radical (unpaired) electrons. The van der Waals surface area contributed by atoms with Gasteiger partial charge in [0.1, 0.15) is 17.2 Å². The highest BCUT2D eigenvalue weighted by atomic mass is 19.1. The first kappa shape index (κ1) is 16.4. The van der Waals surface area contributed by atoms with Crippen molar-refractivity contribution in [3.63, 3.8) is 0 Å². The zero-order valence-electron chi connectivity index (χ0n) is 11.8. The molecule has 0 aliphatic rings. The number of benzene rings is 1. The summed E-state index contributed by atoms with van der Waals surface area (Å²) < 4.78 is 32.3. The second kappa shape index (κ2) is 6.65. The second-order valence-corrected chi connectivity index (χ2v) is 5.33. The van der Waals surface area contributed by atoms with Crippen molar-refractivity contribution in [1.82, 2.24) is 4.90 Å². The van der Waals surface area contributed by atoms with Crippen LogP contribution in [-0.2, 0) is 11.3 Å². The predicted molar refractivity (Wildman–Crippen MR) is 70.1 cm³/mol. The molecule has 0 heterocycles. The first-order valence-corrected chi connectivity index (χ1v) is 6.26. The number of carbonyl (C=O) groups is 1. The van der Waals surface area contributed by atoms with Gasteiger partial charge in [0.25, 0.3) is 0 Å². The second-order valence-electron chi connectivity index (χ2n) is 5.33. The molecule has 0 fully saturated rings. The lowest BCUT2D eigenvalue weighted by Gasteiger charge is -2.27. The highest BCUT2D eigenvalue weighted by molar-refractivity contribution is 5.68. The lowest BCUT2D eigenvalue weighted by Crippen LogP contribution is -2.38.